The average molecular weight is 284 g/mol. The lowest BCUT2D eigenvalue weighted by molar-refractivity contribution is -0.120. The second-order valence-electron chi connectivity index (χ2n) is 4.46. The lowest BCUT2D eigenvalue weighted by atomic mass is 10.1. The summed E-state index contributed by atoms with van der Waals surface area (Å²) in [5.41, 5.74) is 1.30. The Morgan fingerprint density at radius 1 is 1.33 bits per heavy atom. The van der Waals surface area contributed by atoms with Gasteiger partial charge in [0.1, 0.15) is 0 Å². The molecule has 1 atom stereocenters. The molecule has 1 aromatic rings. The van der Waals surface area contributed by atoms with Crippen molar-refractivity contribution in [3.05, 3.63) is 29.8 Å². The molecule has 0 aromatic heterocycles. The normalized spacial score (nSPS) is 17.5. The van der Waals surface area contributed by atoms with Crippen molar-refractivity contribution in [2.75, 3.05) is 12.4 Å². The molecule has 1 heterocycles. The Kier molecular flexibility index (Phi) is 5.39. The van der Waals surface area contributed by atoms with Crippen LogP contribution in [-0.2, 0) is 11.2 Å². The van der Waals surface area contributed by atoms with Crippen molar-refractivity contribution in [1.29, 1.82) is 0 Å². The predicted molar refractivity (Wildman–Crippen MR) is 77.4 cm³/mol. The third kappa shape index (κ3) is 3.66. The number of halogens is 1. The van der Waals surface area contributed by atoms with Crippen molar-refractivity contribution in [2.24, 2.45) is 0 Å². The van der Waals surface area contributed by atoms with Gasteiger partial charge in [0.25, 0.3) is 0 Å². The highest BCUT2D eigenvalue weighted by atomic mass is 35.5. The van der Waals surface area contributed by atoms with Gasteiger partial charge in [0, 0.05) is 17.3 Å². The smallest absolute Gasteiger partial charge is 0.233 e. The summed E-state index contributed by atoms with van der Waals surface area (Å²) in [6.45, 7) is 0.767. The summed E-state index contributed by atoms with van der Waals surface area (Å²) in [4.78, 5) is 13.2. The number of alkyl halides is 1. The molecule has 18 heavy (non-hydrogen) atoms. The van der Waals surface area contributed by atoms with Gasteiger partial charge in [-0.3, -0.25) is 4.79 Å². The minimum atomic E-state index is 0.0513. The van der Waals surface area contributed by atoms with Crippen LogP contribution < -0.4 is 5.32 Å². The molecule has 0 bridgehead atoms. The molecular formula is C14H18ClNOS. The van der Waals surface area contributed by atoms with E-state index in [0.29, 0.717) is 5.88 Å². The van der Waals surface area contributed by atoms with Crippen molar-refractivity contribution < 1.29 is 4.79 Å². The zero-order valence-corrected chi connectivity index (χ0v) is 11.9. The summed E-state index contributed by atoms with van der Waals surface area (Å²) in [5.74, 6) is 0.879. The first-order chi connectivity index (χ1) is 8.81. The first-order valence-electron chi connectivity index (χ1n) is 6.39. The number of fused-ring (bicyclic) bond motifs is 1. The fraction of sp³-hybridized carbons (Fsp3) is 0.500. The van der Waals surface area contributed by atoms with E-state index >= 15 is 0 Å². The number of unbranched alkanes of at least 4 members (excludes halogenated alkanes) is 2. The highest BCUT2D eigenvalue weighted by molar-refractivity contribution is 8.01. The third-order valence-electron chi connectivity index (χ3n) is 3.05. The van der Waals surface area contributed by atoms with Crippen LogP contribution in [0.4, 0.5) is 0 Å². The van der Waals surface area contributed by atoms with Crippen molar-refractivity contribution in [2.45, 2.75) is 35.8 Å². The van der Waals surface area contributed by atoms with Gasteiger partial charge in [-0.2, -0.15) is 0 Å². The van der Waals surface area contributed by atoms with Gasteiger partial charge in [0.05, 0.1) is 5.25 Å². The Labute approximate surface area is 117 Å². The summed E-state index contributed by atoms with van der Waals surface area (Å²) >= 11 is 7.29. The summed E-state index contributed by atoms with van der Waals surface area (Å²) in [5, 5.41) is 3.07. The second-order valence-corrected chi connectivity index (χ2v) is 6.08. The second kappa shape index (κ2) is 7.05. The van der Waals surface area contributed by atoms with E-state index in [1.54, 1.807) is 11.8 Å². The van der Waals surface area contributed by atoms with Crippen LogP contribution in [0.1, 0.15) is 24.8 Å². The van der Waals surface area contributed by atoms with E-state index in [1.807, 2.05) is 12.1 Å². The Morgan fingerprint density at radius 3 is 2.94 bits per heavy atom. The van der Waals surface area contributed by atoms with Gasteiger partial charge in [-0.25, -0.2) is 0 Å². The molecule has 0 aliphatic carbocycles. The molecule has 0 fully saturated rings. The standard InChI is InChI=1S/C14H18ClNOS/c15-8-4-1-5-9-16-14(17)13-10-11-6-2-3-7-12(11)18-13/h2-3,6-7,13H,1,4-5,8-10H2,(H,16,17). The fourth-order valence-electron chi connectivity index (χ4n) is 2.05. The monoisotopic (exact) mass is 283 g/mol. The molecule has 1 N–H and O–H groups in total. The number of carbonyl (C=O) groups excluding carboxylic acids is 1. The molecule has 0 radical (unpaired) electrons. The molecule has 1 aliphatic heterocycles. The number of rotatable bonds is 6. The molecule has 2 nitrogen and oxygen atoms in total. The first-order valence-corrected chi connectivity index (χ1v) is 7.81. The Morgan fingerprint density at radius 2 is 2.17 bits per heavy atom. The Bertz CT molecular complexity index is 386. The lowest BCUT2D eigenvalue weighted by Crippen LogP contribution is -2.33. The molecule has 0 spiro atoms. The molecule has 0 saturated heterocycles. The van der Waals surface area contributed by atoms with Gasteiger partial charge in [-0.15, -0.1) is 23.4 Å². The van der Waals surface area contributed by atoms with E-state index < -0.39 is 0 Å². The van der Waals surface area contributed by atoms with Gasteiger partial charge in [0.15, 0.2) is 0 Å². The fourth-order valence-corrected chi connectivity index (χ4v) is 3.46. The maximum atomic E-state index is 12.0. The van der Waals surface area contributed by atoms with Gasteiger partial charge < -0.3 is 5.32 Å². The number of hydrogen-bond acceptors (Lipinski definition) is 2. The largest absolute Gasteiger partial charge is 0.355 e. The van der Waals surface area contributed by atoms with Crippen LogP contribution >= 0.6 is 23.4 Å². The van der Waals surface area contributed by atoms with Crippen molar-refractivity contribution in [1.82, 2.24) is 5.32 Å². The van der Waals surface area contributed by atoms with Gasteiger partial charge >= 0.3 is 0 Å². The van der Waals surface area contributed by atoms with Crippen LogP contribution in [0.15, 0.2) is 29.2 Å². The minimum absolute atomic E-state index is 0.0513. The minimum Gasteiger partial charge on any atom is -0.355 e. The lowest BCUT2D eigenvalue weighted by Gasteiger charge is -2.09. The van der Waals surface area contributed by atoms with E-state index in [0.717, 1.165) is 32.2 Å². The van der Waals surface area contributed by atoms with Crippen LogP contribution in [0.2, 0.25) is 0 Å². The van der Waals surface area contributed by atoms with Crippen molar-refractivity contribution in [3.8, 4) is 0 Å². The number of hydrogen-bond donors (Lipinski definition) is 1. The van der Waals surface area contributed by atoms with Gasteiger partial charge in [-0.1, -0.05) is 24.6 Å². The SMILES string of the molecule is O=C(NCCCCCCl)C1Cc2ccccc2S1. The zero-order valence-electron chi connectivity index (χ0n) is 10.3. The number of thioether (sulfide) groups is 1. The van der Waals surface area contributed by atoms with Crippen molar-refractivity contribution >= 4 is 29.3 Å². The summed E-state index contributed by atoms with van der Waals surface area (Å²) in [6.07, 6.45) is 3.99. The van der Waals surface area contributed by atoms with Crippen molar-refractivity contribution in [3.63, 3.8) is 0 Å². The highest BCUT2D eigenvalue weighted by Crippen LogP contribution is 2.36. The van der Waals surface area contributed by atoms with Crippen LogP contribution in [0.3, 0.4) is 0 Å². The molecule has 1 aromatic carbocycles. The van der Waals surface area contributed by atoms with Crippen LogP contribution in [0.5, 0.6) is 0 Å². The van der Waals surface area contributed by atoms with Gasteiger partial charge in [0.2, 0.25) is 5.91 Å². The summed E-state index contributed by atoms with van der Waals surface area (Å²) < 4.78 is 0. The van der Waals surface area contributed by atoms with E-state index in [2.05, 4.69) is 17.4 Å². The quantitative estimate of drug-likeness (QED) is 0.641. The Hall–Kier alpha value is -0.670. The maximum Gasteiger partial charge on any atom is 0.233 e. The van der Waals surface area contributed by atoms with E-state index in [-0.39, 0.29) is 11.2 Å². The first kappa shape index (κ1) is 13.8. The van der Waals surface area contributed by atoms with Gasteiger partial charge in [-0.05, 0) is 30.9 Å². The predicted octanol–water partition coefficient (Wildman–Crippen LogP) is 3.23. The Balaban J connectivity index is 1.72. The third-order valence-corrected chi connectivity index (χ3v) is 4.63. The van der Waals surface area contributed by atoms with E-state index in [4.69, 9.17) is 11.6 Å². The zero-order chi connectivity index (χ0) is 12.8. The number of amides is 1. The van der Waals surface area contributed by atoms with Crippen LogP contribution in [0.25, 0.3) is 0 Å². The molecule has 1 amide bonds. The number of nitrogens with one attached hydrogen (secondary N) is 1. The molecule has 1 unspecified atom stereocenters. The maximum absolute atomic E-state index is 12.0. The molecule has 4 heteroatoms. The highest BCUT2D eigenvalue weighted by Gasteiger charge is 2.27. The molecule has 2 rings (SSSR count). The molecule has 0 saturated carbocycles. The van der Waals surface area contributed by atoms with E-state index in [9.17, 15) is 4.79 Å². The summed E-state index contributed by atoms with van der Waals surface area (Å²) in [7, 11) is 0. The van der Waals surface area contributed by atoms with Crippen LogP contribution in [-0.4, -0.2) is 23.6 Å². The summed E-state index contributed by atoms with van der Waals surface area (Å²) in [6, 6.07) is 8.26. The van der Waals surface area contributed by atoms with E-state index in [1.165, 1.54) is 10.5 Å². The average Bonchev–Trinajstić information content (AvgIpc) is 2.82. The number of carbonyl (C=O) groups is 1. The topological polar surface area (TPSA) is 29.1 Å². The van der Waals surface area contributed by atoms with Crippen LogP contribution in [0, 0.1) is 0 Å². The number of benzene rings is 1. The molecular weight excluding hydrogens is 266 g/mol. The molecule has 1 aliphatic rings. The molecule has 98 valence electrons.